The van der Waals surface area contributed by atoms with E-state index >= 15 is 0 Å². The van der Waals surface area contributed by atoms with Crippen LogP contribution in [0.2, 0.25) is 0 Å². The Morgan fingerprint density at radius 2 is 1.19 bits per heavy atom. The number of rotatable bonds is 36. The van der Waals surface area contributed by atoms with Crippen LogP contribution in [0.4, 0.5) is 0 Å². The summed E-state index contributed by atoms with van der Waals surface area (Å²) in [5.74, 6) is -0.390. The lowest BCUT2D eigenvalue weighted by atomic mass is 10.1. The first kappa shape index (κ1) is 46.7. The number of esters is 1. The van der Waals surface area contributed by atoms with Gasteiger partial charge in [-0.05, 0) is 44.9 Å². The first-order valence-corrected chi connectivity index (χ1v) is 20.5. The molecule has 48 heavy (non-hydrogen) atoms. The van der Waals surface area contributed by atoms with Crippen molar-refractivity contribution in [1.29, 1.82) is 0 Å². The summed E-state index contributed by atoms with van der Waals surface area (Å²) in [6, 6.07) is 0. The number of ether oxygens (including phenoxy) is 2. The van der Waals surface area contributed by atoms with Crippen LogP contribution in [0.5, 0.6) is 0 Å². The van der Waals surface area contributed by atoms with Crippen LogP contribution in [0.3, 0.4) is 0 Å². The second-order valence-corrected chi connectivity index (χ2v) is 14.0. The zero-order chi connectivity index (χ0) is 35.4. The van der Waals surface area contributed by atoms with E-state index in [4.69, 9.17) is 23.6 Å². The van der Waals surface area contributed by atoms with Crippen LogP contribution >= 0.6 is 7.82 Å². The third kappa shape index (κ3) is 34.5. The maximum absolute atomic E-state index is 12.5. The number of hydrogen-bond donors (Lipinski definition) is 3. The smallest absolute Gasteiger partial charge is 0.457 e. The van der Waals surface area contributed by atoms with Crippen LogP contribution in [0.15, 0.2) is 36.5 Å². The highest BCUT2D eigenvalue weighted by molar-refractivity contribution is 7.47. The molecule has 3 atom stereocenters. The molecular formula is C38H71O9P. The molecule has 0 spiro atoms. The van der Waals surface area contributed by atoms with E-state index in [1.807, 2.05) is 0 Å². The second-order valence-electron chi connectivity index (χ2n) is 12.6. The van der Waals surface area contributed by atoms with Gasteiger partial charge in [0.25, 0.3) is 0 Å². The van der Waals surface area contributed by atoms with E-state index in [9.17, 15) is 19.4 Å². The predicted octanol–water partition coefficient (Wildman–Crippen LogP) is 9.69. The van der Waals surface area contributed by atoms with Crippen molar-refractivity contribution < 1.29 is 43.0 Å². The van der Waals surface area contributed by atoms with Crippen molar-refractivity contribution in [2.45, 2.75) is 167 Å². The number of phosphoric ester groups is 1. The summed E-state index contributed by atoms with van der Waals surface area (Å²) in [5.41, 5.74) is 0. The Morgan fingerprint density at radius 1 is 0.667 bits per heavy atom. The van der Waals surface area contributed by atoms with E-state index in [0.29, 0.717) is 6.61 Å². The van der Waals surface area contributed by atoms with Crippen molar-refractivity contribution in [2.24, 2.45) is 0 Å². The molecule has 0 radical (unpaired) electrons. The van der Waals surface area contributed by atoms with E-state index in [0.717, 1.165) is 64.2 Å². The van der Waals surface area contributed by atoms with E-state index in [1.165, 1.54) is 70.6 Å². The number of carbonyl (C=O) groups excluding carboxylic acids is 1. The summed E-state index contributed by atoms with van der Waals surface area (Å²) < 4.78 is 33.2. The Hall–Kier alpha value is -1.32. The average molecular weight is 703 g/mol. The van der Waals surface area contributed by atoms with E-state index in [1.54, 1.807) is 0 Å². The zero-order valence-corrected chi connectivity index (χ0v) is 31.3. The number of unbranched alkanes of at least 4 members (excludes halogenated alkanes) is 16. The van der Waals surface area contributed by atoms with Crippen molar-refractivity contribution >= 4 is 13.8 Å². The van der Waals surface area contributed by atoms with Gasteiger partial charge in [-0.25, -0.2) is 4.57 Å². The lowest BCUT2D eigenvalue weighted by molar-refractivity contribution is -0.154. The van der Waals surface area contributed by atoms with Gasteiger partial charge in [0.15, 0.2) is 0 Å². The minimum Gasteiger partial charge on any atom is -0.457 e. The monoisotopic (exact) mass is 702 g/mol. The fraction of sp³-hybridized carbons (Fsp3) is 0.816. The molecule has 0 aliphatic heterocycles. The third-order valence-electron chi connectivity index (χ3n) is 7.84. The molecule has 0 saturated carbocycles. The Labute approximate surface area is 293 Å². The zero-order valence-electron chi connectivity index (χ0n) is 30.4. The largest absolute Gasteiger partial charge is 0.472 e. The van der Waals surface area contributed by atoms with E-state index < -0.39 is 39.2 Å². The minimum atomic E-state index is -4.51. The first-order valence-electron chi connectivity index (χ1n) is 19.0. The van der Waals surface area contributed by atoms with Crippen LogP contribution in [0.1, 0.15) is 155 Å². The fourth-order valence-electron chi connectivity index (χ4n) is 4.96. The highest BCUT2D eigenvalue weighted by atomic mass is 31.2. The maximum Gasteiger partial charge on any atom is 0.472 e. The molecule has 0 amide bonds. The molecule has 10 heteroatoms. The molecule has 0 fully saturated rings. The normalized spacial score (nSPS) is 14.7. The molecule has 0 saturated heterocycles. The van der Waals surface area contributed by atoms with Crippen LogP contribution in [-0.4, -0.2) is 66.3 Å². The molecule has 282 valence electrons. The number of carbonyl (C=O) groups is 1. The lowest BCUT2D eigenvalue weighted by Crippen LogP contribution is -2.29. The summed E-state index contributed by atoms with van der Waals surface area (Å²) in [6.07, 6.45) is 35.4. The van der Waals surface area contributed by atoms with Crippen molar-refractivity contribution in [1.82, 2.24) is 0 Å². The molecule has 0 aromatic rings. The number of aliphatic hydroxyl groups is 2. The van der Waals surface area contributed by atoms with Gasteiger partial charge in [-0.2, -0.15) is 0 Å². The molecule has 9 nitrogen and oxygen atoms in total. The Bertz CT molecular complexity index is 846. The Balaban J connectivity index is 4.17. The molecule has 0 aliphatic carbocycles. The van der Waals surface area contributed by atoms with Crippen molar-refractivity contribution in [2.75, 3.05) is 33.0 Å². The summed E-state index contributed by atoms with van der Waals surface area (Å²) >= 11 is 0. The molecule has 0 bridgehead atoms. The summed E-state index contributed by atoms with van der Waals surface area (Å²) in [6.45, 7) is 3.36. The topological polar surface area (TPSA) is 132 Å². The van der Waals surface area contributed by atoms with Gasteiger partial charge in [-0.3, -0.25) is 13.8 Å². The van der Waals surface area contributed by atoms with Gasteiger partial charge < -0.3 is 24.6 Å². The van der Waals surface area contributed by atoms with Gasteiger partial charge >= 0.3 is 13.8 Å². The average Bonchev–Trinajstić information content (AvgIpc) is 3.07. The van der Waals surface area contributed by atoms with Gasteiger partial charge in [0, 0.05) is 13.0 Å². The summed E-state index contributed by atoms with van der Waals surface area (Å²) in [5, 5.41) is 18.3. The molecule has 0 aliphatic rings. The summed E-state index contributed by atoms with van der Waals surface area (Å²) in [4.78, 5) is 22.4. The van der Waals surface area contributed by atoms with Gasteiger partial charge in [0.05, 0.1) is 26.4 Å². The minimum absolute atomic E-state index is 0.0454. The van der Waals surface area contributed by atoms with Gasteiger partial charge in [-0.15, -0.1) is 0 Å². The predicted molar refractivity (Wildman–Crippen MR) is 196 cm³/mol. The number of allylic oxidation sites excluding steroid dienone is 6. The molecule has 0 rings (SSSR count). The SMILES string of the molecule is CC/C=C\C/C=C\C/C=C\CCCCCCCCCCOCC(COP(=O)(O)OCC(O)CO)OC(=O)CCCCCCCCCCC. The molecule has 0 aromatic carbocycles. The molecule has 3 N–H and O–H groups in total. The number of hydrogen-bond acceptors (Lipinski definition) is 8. The van der Waals surface area contributed by atoms with E-state index in [2.05, 4.69) is 50.3 Å². The van der Waals surface area contributed by atoms with Crippen LogP contribution in [0, 0.1) is 0 Å². The van der Waals surface area contributed by atoms with E-state index in [-0.39, 0.29) is 19.6 Å². The standard InChI is InChI=1S/C38H71O9P/c1-3-5-7-9-11-13-14-15-16-17-18-19-20-21-23-25-27-29-31-44-34-37(35-46-48(42,43)45-33-36(40)32-39)47-38(41)30-28-26-24-22-12-10-8-6-4-2/h5,7,11,13,15-16,36-37,39-40H,3-4,6,8-10,12,14,17-35H2,1-2H3,(H,42,43)/b7-5-,13-11-,16-15-. The summed E-state index contributed by atoms with van der Waals surface area (Å²) in [7, 11) is -4.51. The number of phosphoric acid groups is 1. The Kier molecular flexibility index (Phi) is 34.5. The molecule has 0 heterocycles. The quantitative estimate of drug-likeness (QED) is 0.0253. The molecular weight excluding hydrogens is 631 g/mol. The second kappa shape index (κ2) is 35.5. The van der Waals surface area contributed by atoms with Crippen LogP contribution in [-0.2, 0) is 27.9 Å². The Morgan fingerprint density at radius 3 is 1.79 bits per heavy atom. The van der Waals surface area contributed by atoms with Gasteiger partial charge in [-0.1, -0.05) is 140 Å². The highest BCUT2D eigenvalue weighted by Crippen LogP contribution is 2.43. The maximum atomic E-state index is 12.5. The highest BCUT2D eigenvalue weighted by Gasteiger charge is 2.26. The van der Waals surface area contributed by atoms with Crippen molar-refractivity contribution in [3.8, 4) is 0 Å². The van der Waals surface area contributed by atoms with Crippen LogP contribution < -0.4 is 0 Å². The molecule has 3 unspecified atom stereocenters. The first-order chi connectivity index (χ1) is 23.3. The lowest BCUT2D eigenvalue weighted by Gasteiger charge is -2.20. The van der Waals surface area contributed by atoms with Gasteiger partial charge in [0.1, 0.15) is 12.2 Å². The third-order valence-corrected chi connectivity index (χ3v) is 8.79. The van der Waals surface area contributed by atoms with Crippen molar-refractivity contribution in [3.63, 3.8) is 0 Å². The van der Waals surface area contributed by atoms with Crippen LogP contribution in [0.25, 0.3) is 0 Å². The van der Waals surface area contributed by atoms with Gasteiger partial charge in [0.2, 0.25) is 0 Å². The fourth-order valence-corrected chi connectivity index (χ4v) is 5.75. The number of aliphatic hydroxyl groups excluding tert-OH is 2. The van der Waals surface area contributed by atoms with Crippen molar-refractivity contribution in [3.05, 3.63) is 36.5 Å². The molecule has 0 aromatic heterocycles.